The van der Waals surface area contributed by atoms with Crippen LogP contribution in [-0.2, 0) is 4.79 Å². The molecule has 1 aliphatic rings. The van der Waals surface area contributed by atoms with Crippen LogP contribution in [0.1, 0.15) is 42.9 Å². The van der Waals surface area contributed by atoms with Gasteiger partial charge in [0.25, 0.3) is 0 Å². The largest absolute Gasteiger partial charge is 0.310 e. The molecule has 2 heterocycles. The van der Waals surface area contributed by atoms with E-state index in [2.05, 4.69) is 32.0 Å². The molecule has 1 amide bonds. The van der Waals surface area contributed by atoms with Gasteiger partial charge in [-0.2, -0.15) is 9.78 Å². The van der Waals surface area contributed by atoms with Gasteiger partial charge in [0.2, 0.25) is 11.1 Å². The predicted molar refractivity (Wildman–Crippen MR) is 108 cm³/mol. The summed E-state index contributed by atoms with van der Waals surface area (Å²) in [4.78, 5) is 12.5. The fraction of sp³-hybridized carbons (Fsp3) is 0.421. The normalized spacial score (nSPS) is 14.5. The first-order valence-electron chi connectivity index (χ1n) is 9.44. The molecule has 0 spiro atoms. The van der Waals surface area contributed by atoms with Crippen LogP contribution in [0.2, 0.25) is 0 Å². The number of carbonyl (C=O) groups excluding carboxylic acids is 1. The molecule has 0 bridgehead atoms. The molecule has 0 saturated heterocycles. The number of carbonyl (C=O) groups is 1. The molecule has 1 aliphatic carbocycles. The van der Waals surface area contributed by atoms with Gasteiger partial charge in [-0.05, 0) is 48.7 Å². The Labute approximate surface area is 167 Å². The zero-order valence-corrected chi connectivity index (χ0v) is 16.8. The summed E-state index contributed by atoms with van der Waals surface area (Å²) in [5.41, 5.74) is 3.18. The highest BCUT2D eigenvalue weighted by Crippen LogP contribution is 2.31. The first kappa shape index (κ1) is 18.7. The van der Waals surface area contributed by atoms with E-state index in [0.29, 0.717) is 11.2 Å². The number of hydrogen-bond donors (Lipinski definition) is 1. The Morgan fingerprint density at radius 2 is 2.07 bits per heavy atom. The average Bonchev–Trinajstić information content (AvgIpc) is 3.41. The summed E-state index contributed by atoms with van der Waals surface area (Å²) in [6.45, 7) is 4.07. The average molecular weight is 398 g/mol. The lowest BCUT2D eigenvalue weighted by molar-refractivity contribution is -0.113. The molecule has 0 unspecified atom stereocenters. The first-order valence-corrected chi connectivity index (χ1v) is 10.4. The molecule has 1 saturated carbocycles. The third kappa shape index (κ3) is 3.94. The van der Waals surface area contributed by atoms with Crippen molar-refractivity contribution in [2.75, 3.05) is 11.1 Å². The van der Waals surface area contributed by atoms with Crippen LogP contribution in [0.25, 0.3) is 5.69 Å². The SMILES string of the molecule is Cc1ccc(-n2nnnc2SCC(=O)Nc2ccnn2C2CCCC2)c(C)c1. The van der Waals surface area contributed by atoms with E-state index in [9.17, 15) is 4.79 Å². The van der Waals surface area contributed by atoms with Crippen molar-refractivity contribution < 1.29 is 4.79 Å². The van der Waals surface area contributed by atoms with Crippen molar-refractivity contribution in [2.45, 2.75) is 50.7 Å². The second kappa shape index (κ2) is 8.14. The number of rotatable bonds is 6. The second-order valence-electron chi connectivity index (χ2n) is 7.10. The van der Waals surface area contributed by atoms with Gasteiger partial charge in [0, 0.05) is 6.07 Å². The van der Waals surface area contributed by atoms with E-state index in [-0.39, 0.29) is 11.7 Å². The zero-order chi connectivity index (χ0) is 19.5. The maximum Gasteiger partial charge on any atom is 0.235 e. The van der Waals surface area contributed by atoms with E-state index in [4.69, 9.17) is 0 Å². The molecule has 146 valence electrons. The molecule has 1 fully saturated rings. The van der Waals surface area contributed by atoms with Gasteiger partial charge in [-0.1, -0.05) is 42.3 Å². The number of nitrogens with zero attached hydrogens (tertiary/aromatic N) is 6. The smallest absolute Gasteiger partial charge is 0.235 e. The van der Waals surface area contributed by atoms with E-state index in [1.54, 1.807) is 10.9 Å². The summed E-state index contributed by atoms with van der Waals surface area (Å²) in [7, 11) is 0. The van der Waals surface area contributed by atoms with Crippen molar-refractivity contribution in [3.05, 3.63) is 41.6 Å². The Morgan fingerprint density at radius 1 is 1.25 bits per heavy atom. The van der Waals surface area contributed by atoms with E-state index in [0.717, 1.165) is 29.9 Å². The summed E-state index contributed by atoms with van der Waals surface area (Å²) >= 11 is 1.31. The highest BCUT2D eigenvalue weighted by atomic mass is 32.2. The van der Waals surface area contributed by atoms with Crippen LogP contribution in [0.3, 0.4) is 0 Å². The molecule has 0 atom stereocenters. The minimum absolute atomic E-state index is 0.0973. The van der Waals surface area contributed by atoms with Gasteiger partial charge in [0.15, 0.2) is 0 Å². The Balaban J connectivity index is 1.41. The Morgan fingerprint density at radius 3 is 2.86 bits per heavy atom. The van der Waals surface area contributed by atoms with E-state index in [1.807, 2.05) is 36.7 Å². The van der Waals surface area contributed by atoms with E-state index < -0.39 is 0 Å². The van der Waals surface area contributed by atoms with E-state index >= 15 is 0 Å². The number of thioether (sulfide) groups is 1. The van der Waals surface area contributed by atoms with Gasteiger partial charge in [0.1, 0.15) is 5.82 Å². The monoisotopic (exact) mass is 397 g/mol. The Bertz CT molecular complexity index is 974. The molecule has 9 heteroatoms. The highest BCUT2D eigenvalue weighted by molar-refractivity contribution is 7.99. The van der Waals surface area contributed by atoms with Crippen LogP contribution in [0.4, 0.5) is 5.82 Å². The number of anilines is 1. The number of tetrazole rings is 1. The van der Waals surface area contributed by atoms with Crippen molar-refractivity contribution in [3.8, 4) is 5.69 Å². The van der Waals surface area contributed by atoms with Crippen molar-refractivity contribution in [2.24, 2.45) is 0 Å². The number of aryl methyl sites for hydroxylation is 2. The lowest BCUT2D eigenvalue weighted by atomic mass is 10.1. The molecule has 2 aromatic heterocycles. The minimum atomic E-state index is -0.0973. The van der Waals surface area contributed by atoms with Gasteiger partial charge >= 0.3 is 0 Å². The highest BCUT2D eigenvalue weighted by Gasteiger charge is 2.21. The van der Waals surface area contributed by atoms with Crippen LogP contribution in [0, 0.1) is 13.8 Å². The lowest BCUT2D eigenvalue weighted by Gasteiger charge is -2.14. The van der Waals surface area contributed by atoms with Gasteiger partial charge in [-0.25, -0.2) is 4.68 Å². The molecule has 28 heavy (non-hydrogen) atoms. The molecular weight excluding hydrogens is 374 g/mol. The van der Waals surface area contributed by atoms with Crippen LogP contribution in [0.5, 0.6) is 0 Å². The summed E-state index contributed by atoms with van der Waals surface area (Å²) in [6.07, 6.45) is 6.40. The molecular formula is C19H23N7OS. The van der Waals surface area contributed by atoms with Gasteiger partial charge in [-0.15, -0.1) is 5.10 Å². The fourth-order valence-electron chi connectivity index (χ4n) is 3.63. The Kier molecular flexibility index (Phi) is 5.43. The summed E-state index contributed by atoms with van der Waals surface area (Å²) in [6, 6.07) is 8.33. The molecule has 1 N–H and O–H groups in total. The molecule has 4 rings (SSSR count). The number of aromatic nitrogens is 6. The fourth-order valence-corrected chi connectivity index (χ4v) is 4.31. The molecule has 1 aromatic carbocycles. The summed E-state index contributed by atoms with van der Waals surface area (Å²) in [5.74, 6) is 0.882. The molecule has 8 nitrogen and oxygen atoms in total. The van der Waals surface area contributed by atoms with Crippen molar-refractivity contribution in [1.82, 2.24) is 30.0 Å². The minimum Gasteiger partial charge on any atom is -0.310 e. The van der Waals surface area contributed by atoms with Gasteiger partial charge < -0.3 is 5.32 Å². The molecule has 0 aliphatic heterocycles. The van der Waals surface area contributed by atoms with Crippen LogP contribution in [-0.4, -0.2) is 41.6 Å². The zero-order valence-electron chi connectivity index (χ0n) is 16.0. The van der Waals surface area contributed by atoms with Gasteiger partial charge in [0.05, 0.1) is 23.7 Å². The topological polar surface area (TPSA) is 90.5 Å². The van der Waals surface area contributed by atoms with E-state index in [1.165, 1.54) is 30.2 Å². The number of hydrogen-bond acceptors (Lipinski definition) is 6. The van der Waals surface area contributed by atoms with Crippen LogP contribution in [0.15, 0.2) is 35.6 Å². The third-order valence-corrected chi connectivity index (χ3v) is 5.88. The van der Waals surface area contributed by atoms with Crippen LogP contribution < -0.4 is 5.32 Å². The maximum absolute atomic E-state index is 12.5. The number of amides is 1. The number of nitrogens with one attached hydrogen (secondary N) is 1. The maximum atomic E-state index is 12.5. The quantitative estimate of drug-likeness (QED) is 0.642. The third-order valence-electron chi connectivity index (χ3n) is 4.96. The summed E-state index contributed by atoms with van der Waals surface area (Å²) in [5, 5.41) is 19.9. The lowest BCUT2D eigenvalue weighted by Crippen LogP contribution is -2.19. The first-order chi connectivity index (χ1) is 13.6. The molecule has 3 aromatic rings. The van der Waals surface area contributed by atoms with Crippen molar-refractivity contribution in [1.29, 1.82) is 0 Å². The second-order valence-corrected chi connectivity index (χ2v) is 8.04. The number of benzene rings is 1. The van der Waals surface area contributed by atoms with Crippen molar-refractivity contribution >= 4 is 23.5 Å². The standard InChI is InChI=1S/C19H23N7OS/c1-13-7-8-16(14(2)11-13)26-19(22-23-24-26)28-12-18(27)21-17-9-10-20-25(17)15-5-3-4-6-15/h7-11,15H,3-6,12H2,1-2H3,(H,21,27). The van der Waals surface area contributed by atoms with Crippen molar-refractivity contribution in [3.63, 3.8) is 0 Å². The Hall–Kier alpha value is -2.68. The predicted octanol–water partition coefficient (Wildman–Crippen LogP) is 3.32. The molecule has 0 radical (unpaired) electrons. The van der Waals surface area contributed by atoms with Gasteiger partial charge in [-0.3, -0.25) is 4.79 Å². The summed E-state index contributed by atoms with van der Waals surface area (Å²) < 4.78 is 3.62. The van der Waals surface area contributed by atoms with Crippen LogP contribution >= 0.6 is 11.8 Å².